The van der Waals surface area contributed by atoms with Crippen LogP contribution in [0.15, 0.2) is 66.1 Å². The summed E-state index contributed by atoms with van der Waals surface area (Å²) in [5.41, 5.74) is 2.62. The van der Waals surface area contributed by atoms with Gasteiger partial charge in [0.05, 0.1) is 13.2 Å². The largest absolute Gasteiger partial charge is 0.497 e. The zero-order valence-corrected chi connectivity index (χ0v) is 17.9. The highest BCUT2D eigenvalue weighted by Gasteiger charge is 2.17. The maximum absolute atomic E-state index is 12.8. The molecule has 0 fully saturated rings. The van der Waals surface area contributed by atoms with E-state index in [4.69, 9.17) is 4.74 Å². The maximum Gasteiger partial charge on any atom is 0.251 e. The number of likely N-dealkylation sites (N-methyl/N-ethyl adjacent to an activating group) is 1. The van der Waals surface area contributed by atoms with Crippen molar-refractivity contribution < 1.29 is 9.53 Å². The van der Waals surface area contributed by atoms with Crippen LogP contribution in [0.3, 0.4) is 0 Å². The van der Waals surface area contributed by atoms with Crippen LogP contribution < -0.4 is 10.1 Å². The summed E-state index contributed by atoms with van der Waals surface area (Å²) >= 11 is 1.56. The van der Waals surface area contributed by atoms with Crippen LogP contribution in [0.1, 0.15) is 22.0 Å². The Kier molecular flexibility index (Phi) is 6.95. The standard InChI is InChI=1S/C22H26N4O2S/c1-25(2)20(16-7-6-10-19(14-16)28-3)15-24-21(27)17-8-5-9-18(13-17)26-12-11-23-22(26)29-4/h5-14,20H,15H2,1-4H3,(H,24,27). The first-order valence-corrected chi connectivity index (χ1v) is 10.5. The molecule has 6 nitrogen and oxygen atoms in total. The van der Waals surface area contributed by atoms with Crippen LogP contribution in [0.4, 0.5) is 0 Å². The van der Waals surface area contributed by atoms with E-state index < -0.39 is 0 Å². The van der Waals surface area contributed by atoms with Crippen LogP contribution in [0.5, 0.6) is 5.75 Å². The van der Waals surface area contributed by atoms with Crippen molar-refractivity contribution in [3.8, 4) is 11.4 Å². The summed E-state index contributed by atoms with van der Waals surface area (Å²) in [6, 6.07) is 15.5. The molecule has 0 aliphatic heterocycles. The Balaban J connectivity index is 1.74. The molecule has 152 valence electrons. The second-order valence-electron chi connectivity index (χ2n) is 6.80. The van der Waals surface area contributed by atoms with Gasteiger partial charge in [-0.2, -0.15) is 0 Å². The summed E-state index contributed by atoms with van der Waals surface area (Å²) in [6.45, 7) is 0.490. The zero-order valence-electron chi connectivity index (χ0n) is 17.1. The highest BCUT2D eigenvalue weighted by Crippen LogP contribution is 2.23. The van der Waals surface area contributed by atoms with Crippen LogP contribution in [0.2, 0.25) is 0 Å². The SMILES string of the molecule is COc1cccc(C(CNC(=O)c2cccc(-n3ccnc3SC)c2)N(C)C)c1. The lowest BCUT2D eigenvalue weighted by Gasteiger charge is -2.25. The number of methoxy groups -OCH3 is 1. The first-order chi connectivity index (χ1) is 14.0. The number of ether oxygens (including phenoxy) is 1. The van der Waals surface area contributed by atoms with E-state index in [1.54, 1.807) is 25.1 Å². The van der Waals surface area contributed by atoms with Crippen molar-refractivity contribution in [2.24, 2.45) is 0 Å². The van der Waals surface area contributed by atoms with E-state index in [-0.39, 0.29) is 11.9 Å². The average Bonchev–Trinajstić information content (AvgIpc) is 3.22. The van der Waals surface area contributed by atoms with Crippen molar-refractivity contribution in [1.29, 1.82) is 0 Å². The van der Waals surface area contributed by atoms with Crippen LogP contribution in [-0.4, -0.2) is 54.4 Å². The molecule has 3 rings (SSSR count). The van der Waals surface area contributed by atoms with Crippen LogP contribution in [0.25, 0.3) is 5.69 Å². The summed E-state index contributed by atoms with van der Waals surface area (Å²) in [5.74, 6) is 0.700. The van der Waals surface area contributed by atoms with Gasteiger partial charge in [-0.3, -0.25) is 9.36 Å². The monoisotopic (exact) mass is 410 g/mol. The van der Waals surface area contributed by atoms with E-state index in [0.29, 0.717) is 12.1 Å². The predicted octanol–water partition coefficient (Wildman–Crippen LogP) is 3.64. The highest BCUT2D eigenvalue weighted by molar-refractivity contribution is 7.98. The van der Waals surface area contributed by atoms with Crippen molar-refractivity contribution in [1.82, 2.24) is 19.8 Å². The van der Waals surface area contributed by atoms with Gasteiger partial charge in [-0.15, -0.1) is 0 Å². The molecular weight excluding hydrogens is 384 g/mol. The number of benzene rings is 2. The molecule has 1 amide bonds. The lowest BCUT2D eigenvalue weighted by atomic mass is 10.1. The summed E-state index contributed by atoms with van der Waals surface area (Å²) in [4.78, 5) is 19.2. The molecule has 2 aromatic carbocycles. The van der Waals surface area contributed by atoms with E-state index in [9.17, 15) is 4.79 Å². The van der Waals surface area contributed by atoms with Gasteiger partial charge in [-0.1, -0.05) is 30.0 Å². The molecule has 3 aromatic rings. The fourth-order valence-electron chi connectivity index (χ4n) is 3.17. The van der Waals surface area contributed by atoms with E-state index in [1.165, 1.54) is 0 Å². The molecule has 1 heterocycles. The van der Waals surface area contributed by atoms with Gasteiger partial charge in [-0.25, -0.2) is 4.98 Å². The summed E-state index contributed by atoms with van der Waals surface area (Å²) in [6.07, 6.45) is 5.64. The normalized spacial score (nSPS) is 12.0. The minimum absolute atomic E-state index is 0.0361. The van der Waals surface area contributed by atoms with Crippen LogP contribution in [-0.2, 0) is 0 Å². The molecule has 0 saturated heterocycles. The third kappa shape index (κ3) is 4.99. The lowest BCUT2D eigenvalue weighted by molar-refractivity contribution is 0.0942. The second-order valence-corrected chi connectivity index (χ2v) is 7.57. The Hall–Kier alpha value is -2.77. The number of imidazole rings is 1. The fraction of sp³-hybridized carbons (Fsp3) is 0.273. The Morgan fingerprint density at radius 2 is 2.03 bits per heavy atom. The zero-order chi connectivity index (χ0) is 20.8. The molecule has 0 spiro atoms. The minimum atomic E-state index is -0.104. The molecule has 0 radical (unpaired) electrons. The smallest absolute Gasteiger partial charge is 0.251 e. The van der Waals surface area contributed by atoms with Crippen molar-refractivity contribution in [3.63, 3.8) is 0 Å². The highest BCUT2D eigenvalue weighted by atomic mass is 32.2. The Morgan fingerprint density at radius 1 is 1.24 bits per heavy atom. The van der Waals surface area contributed by atoms with Gasteiger partial charge in [0.15, 0.2) is 5.16 Å². The molecule has 1 N–H and O–H groups in total. The van der Waals surface area contributed by atoms with Crippen LogP contribution in [0, 0.1) is 0 Å². The first kappa shape index (κ1) is 21.0. The van der Waals surface area contributed by atoms with Crippen molar-refractivity contribution in [3.05, 3.63) is 72.1 Å². The number of carbonyl (C=O) groups is 1. The molecule has 0 bridgehead atoms. The number of amides is 1. The third-order valence-corrected chi connectivity index (χ3v) is 5.40. The van der Waals surface area contributed by atoms with Gasteiger partial charge >= 0.3 is 0 Å². The summed E-state index contributed by atoms with van der Waals surface area (Å²) < 4.78 is 7.30. The number of hydrogen-bond donors (Lipinski definition) is 1. The Labute approximate surface area is 175 Å². The molecule has 1 atom stereocenters. The van der Waals surface area contributed by atoms with Crippen molar-refractivity contribution in [2.45, 2.75) is 11.2 Å². The van der Waals surface area contributed by atoms with Crippen molar-refractivity contribution in [2.75, 3.05) is 34.0 Å². The topological polar surface area (TPSA) is 59.4 Å². The number of nitrogens with one attached hydrogen (secondary N) is 1. The second kappa shape index (κ2) is 9.62. The van der Waals surface area contributed by atoms with E-state index in [1.807, 2.05) is 79.6 Å². The van der Waals surface area contributed by atoms with Gasteiger partial charge in [0.2, 0.25) is 0 Å². The van der Waals surface area contributed by atoms with Gasteiger partial charge in [0.25, 0.3) is 5.91 Å². The molecule has 0 aliphatic carbocycles. The number of rotatable bonds is 8. The van der Waals surface area contributed by atoms with Gasteiger partial charge in [-0.05, 0) is 56.2 Å². The Bertz CT molecular complexity index is 971. The number of hydrogen-bond acceptors (Lipinski definition) is 5. The third-order valence-electron chi connectivity index (χ3n) is 4.73. The van der Waals surface area contributed by atoms with E-state index in [0.717, 1.165) is 22.2 Å². The molecule has 0 aliphatic rings. The molecule has 1 aromatic heterocycles. The van der Waals surface area contributed by atoms with E-state index >= 15 is 0 Å². The quantitative estimate of drug-likeness (QED) is 0.575. The van der Waals surface area contributed by atoms with E-state index in [2.05, 4.69) is 15.2 Å². The molecule has 1 unspecified atom stereocenters. The number of thioether (sulfide) groups is 1. The van der Waals surface area contributed by atoms with Gasteiger partial charge < -0.3 is 15.0 Å². The predicted molar refractivity (Wildman–Crippen MR) is 117 cm³/mol. The van der Waals surface area contributed by atoms with Gasteiger partial charge in [0.1, 0.15) is 5.75 Å². The average molecular weight is 411 g/mol. The van der Waals surface area contributed by atoms with Gasteiger partial charge in [0, 0.05) is 30.2 Å². The minimum Gasteiger partial charge on any atom is -0.497 e. The van der Waals surface area contributed by atoms with Crippen LogP contribution >= 0.6 is 11.8 Å². The fourth-order valence-corrected chi connectivity index (χ4v) is 3.70. The summed E-state index contributed by atoms with van der Waals surface area (Å²) in [7, 11) is 5.65. The van der Waals surface area contributed by atoms with Crippen molar-refractivity contribution >= 4 is 17.7 Å². The number of aromatic nitrogens is 2. The number of nitrogens with zero attached hydrogens (tertiary/aromatic N) is 3. The number of carbonyl (C=O) groups excluding carboxylic acids is 1. The lowest BCUT2D eigenvalue weighted by Crippen LogP contribution is -2.34. The Morgan fingerprint density at radius 3 is 2.76 bits per heavy atom. The molecule has 7 heteroatoms. The molecular formula is C22H26N4O2S. The molecule has 0 saturated carbocycles. The summed E-state index contributed by atoms with van der Waals surface area (Å²) in [5, 5.41) is 3.95. The maximum atomic E-state index is 12.8. The first-order valence-electron chi connectivity index (χ1n) is 9.30. The molecule has 29 heavy (non-hydrogen) atoms.